The molecule has 3 aromatic rings. The largest absolute Gasteiger partial charge is 0.481 e. The van der Waals surface area contributed by atoms with Gasteiger partial charge in [-0.1, -0.05) is 29.8 Å². The third kappa shape index (κ3) is 4.78. The summed E-state index contributed by atoms with van der Waals surface area (Å²) < 4.78 is 19.6. The summed E-state index contributed by atoms with van der Waals surface area (Å²) >= 11 is 5.86. The first-order chi connectivity index (χ1) is 13.9. The highest BCUT2D eigenvalue weighted by Gasteiger charge is 2.23. The Morgan fingerprint density at radius 3 is 2.55 bits per heavy atom. The van der Waals surface area contributed by atoms with Crippen molar-refractivity contribution >= 4 is 23.4 Å². The Morgan fingerprint density at radius 1 is 1.14 bits per heavy atom. The van der Waals surface area contributed by atoms with E-state index in [0.29, 0.717) is 17.0 Å². The first-order valence-electron chi connectivity index (χ1n) is 8.70. The number of halogens is 2. The molecular formula is C22H17ClFNO4. The quantitative estimate of drug-likeness (QED) is 0.552. The number of nitrogens with zero attached hydrogens (tertiary/aromatic N) is 1. The smallest absolute Gasteiger partial charge is 0.335 e. The predicted molar refractivity (Wildman–Crippen MR) is 106 cm³/mol. The van der Waals surface area contributed by atoms with Gasteiger partial charge in [0.05, 0.1) is 12.7 Å². The Kier molecular flexibility index (Phi) is 6.24. The lowest BCUT2D eigenvalue weighted by molar-refractivity contribution is 0.0696. The summed E-state index contributed by atoms with van der Waals surface area (Å²) in [7, 11) is 1.47. The molecule has 1 unspecified atom stereocenters. The molecule has 0 aliphatic heterocycles. The molecule has 2 aromatic carbocycles. The Hall–Kier alpha value is -3.25. The van der Waals surface area contributed by atoms with Gasteiger partial charge >= 0.3 is 5.97 Å². The topological polar surface area (TPSA) is 76.5 Å². The minimum absolute atomic E-state index is 0.0560. The van der Waals surface area contributed by atoms with E-state index < -0.39 is 17.7 Å². The molecule has 0 aliphatic rings. The Morgan fingerprint density at radius 2 is 1.93 bits per heavy atom. The van der Waals surface area contributed by atoms with Crippen LogP contribution in [0, 0.1) is 5.82 Å². The summed E-state index contributed by atoms with van der Waals surface area (Å²) in [4.78, 5) is 28.2. The lowest BCUT2D eigenvalue weighted by Crippen LogP contribution is -2.12. The second kappa shape index (κ2) is 8.84. The number of ether oxygens (including phenoxy) is 1. The Bertz CT molecular complexity index is 1050. The van der Waals surface area contributed by atoms with Gasteiger partial charge in [0.2, 0.25) is 5.88 Å². The van der Waals surface area contributed by atoms with Gasteiger partial charge in [0.25, 0.3) is 0 Å². The van der Waals surface area contributed by atoms with E-state index in [9.17, 15) is 19.1 Å². The van der Waals surface area contributed by atoms with Crippen LogP contribution >= 0.6 is 11.6 Å². The van der Waals surface area contributed by atoms with Crippen molar-refractivity contribution in [3.63, 3.8) is 0 Å². The number of Topliss-reactive ketones (excluding diaryl/α,β-unsaturated/α-hetero) is 1. The van der Waals surface area contributed by atoms with Gasteiger partial charge in [-0.2, -0.15) is 0 Å². The van der Waals surface area contributed by atoms with Crippen LogP contribution in [-0.2, 0) is 0 Å². The van der Waals surface area contributed by atoms with Gasteiger partial charge in [0, 0.05) is 35.2 Å². The Labute approximate surface area is 171 Å². The van der Waals surface area contributed by atoms with Crippen molar-refractivity contribution in [2.24, 2.45) is 0 Å². The summed E-state index contributed by atoms with van der Waals surface area (Å²) in [6.45, 7) is 0. The maximum atomic E-state index is 14.7. The van der Waals surface area contributed by atoms with Crippen LogP contribution in [0.1, 0.15) is 44.2 Å². The molecule has 0 saturated heterocycles. The van der Waals surface area contributed by atoms with E-state index in [0.717, 1.165) is 0 Å². The highest BCUT2D eigenvalue weighted by Crippen LogP contribution is 2.33. The molecule has 0 amide bonds. The third-order valence-corrected chi connectivity index (χ3v) is 4.77. The standard InChI is InChI=1S/C22H17ClFNO4/c1-29-21-8-5-15(12-25-21)20(26)11-18(17-7-6-16(23)10-19(17)24)13-3-2-4-14(9-13)22(27)28/h2-10,12,18H,11H2,1H3,(H,27,28). The lowest BCUT2D eigenvalue weighted by atomic mass is 9.85. The molecule has 0 spiro atoms. The fourth-order valence-corrected chi connectivity index (χ4v) is 3.21. The molecule has 29 heavy (non-hydrogen) atoms. The SMILES string of the molecule is COc1ccc(C(=O)CC(c2cccc(C(=O)O)c2)c2ccc(Cl)cc2F)cn1. The molecule has 3 rings (SSSR count). The van der Waals surface area contributed by atoms with Crippen molar-refractivity contribution < 1.29 is 23.8 Å². The second-order valence-corrected chi connectivity index (χ2v) is 6.80. The van der Waals surface area contributed by atoms with E-state index in [4.69, 9.17) is 16.3 Å². The van der Waals surface area contributed by atoms with Crippen LogP contribution in [0.15, 0.2) is 60.8 Å². The number of carboxylic acids is 1. The van der Waals surface area contributed by atoms with Crippen molar-refractivity contribution in [1.82, 2.24) is 4.98 Å². The van der Waals surface area contributed by atoms with Gasteiger partial charge in [-0.3, -0.25) is 4.79 Å². The van der Waals surface area contributed by atoms with E-state index in [2.05, 4.69) is 4.98 Å². The number of aromatic nitrogens is 1. The van der Waals surface area contributed by atoms with Gasteiger partial charge in [0.1, 0.15) is 5.82 Å². The minimum atomic E-state index is -1.10. The van der Waals surface area contributed by atoms with Gasteiger partial charge in [-0.25, -0.2) is 14.2 Å². The molecule has 7 heteroatoms. The minimum Gasteiger partial charge on any atom is -0.481 e. The van der Waals surface area contributed by atoms with Crippen LogP contribution in [0.25, 0.3) is 0 Å². The highest BCUT2D eigenvalue weighted by atomic mass is 35.5. The van der Waals surface area contributed by atoms with Gasteiger partial charge < -0.3 is 9.84 Å². The van der Waals surface area contributed by atoms with Crippen molar-refractivity contribution in [2.45, 2.75) is 12.3 Å². The number of methoxy groups -OCH3 is 1. The molecule has 0 fully saturated rings. The molecule has 148 valence electrons. The molecule has 0 bridgehead atoms. The van der Waals surface area contributed by atoms with Gasteiger partial charge in [-0.05, 0) is 41.5 Å². The number of hydrogen-bond acceptors (Lipinski definition) is 4. The number of aromatic carboxylic acids is 1. The molecule has 1 heterocycles. The monoisotopic (exact) mass is 413 g/mol. The molecular weight excluding hydrogens is 397 g/mol. The maximum absolute atomic E-state index is 14.7. The highest BCUT2D eigenvalue weighted by molar-refractivity contribution is 6.30. The summed E-state index contributed by atoms with van der Waals surface area (Å²) in [5, 5.41) is 9.51. The van der Waals surface area contributed by atoms with Crippen LogP contribution in [0.2, 0.25) is 5.02 Å². The number of hydrogen-bond donors (Lipinski definition) is 1. The van der Waals surface area contributed by atoms with E-state index in [1.54, 1.807) is 24.3 Å². The van der Waals surface area contributed by atoms with Crippen molar-refractivity contribution in [3.05, 3.63) is 93.9 Å². The summed E-state index contributed by atoms with van der Waals surface area (Å²) in [6, 6.07) is 13.5. The molecule has 1 aromatic heterocycles. The summed E-state index contributed by atoms with van der Waals surface area (Å²) in [5.41, 5.74) is 1.17. The van der Waals surface area contributed by atoms with Crippen molar-refractivity contribution in [1.29, 1.82) is 0 Å². The first-order valence-corrected chi connectivity index (χ1v) is 9.08. The van der Waals surface area contributed by atoms with Crippen LogP contribution < -0.4 is 4.74 Å². The van der Waals surface area contributed by atoms with Crippen molar-refractivity contribution in [3.8, 4) is 5.88 Å². The normalized spacial score (nSPS) is 11.7. The molecule has 0 aliphatic carbocycles. The van der Waals surface area contributed by atoms with Crippen molar-refractivity contribution in [2.75, 3.05) is 7.11 Å². The number of benzene rings is 2. The van der Waals surface area contributed by atoms with Crippen LogP contribution in [0.3, 0.4) is 0 Å². The predicted octanol–water partition coefficient (Wildman–Crippen LogP) is 4.99. The van der Waals surface area contributed by atoms with Crippen LogP contribution in [0.5, 0.6) is 5.88 Å². The number of carboxylic acid groups (broad SMARTS) is 1. The zero-order valence-corrected chi connectivity index (χ0v) is 16.2. The average molecular weight is 414 g/mol. The number of carbonyl (C=O) groups is 2. The van der Waals surface area contributed by atoms with Crippen LogP contribution in [-0.4, -0.2) is 29.0 Å². The molecule has 0 radical (unpaired) electrons. The van der Waals surface area contributed by atoms with E-state index in [-0.39, 0.29) is 28.4 Å². The first kappa shape index (κ1) is 20.5. The zero-order valence-electron chi connectivity index (χ0n) is 15.4. The summed E-state index contributed by atoms with van der Waals surface area (Å²) in [6.07, 6.45) is 1.32. The fraction of sp³-hybridized carbons (Fsp3) is 0.136. The number of pyridine rings is 1. The van der Waals surface area contributed by atoms with E-state index in [1.165, 1.54) is 43.6 Å². The summed E-state index contributed by atoms with van der Waals surface area (Å²) in [5.74, 6) is -2.26. The Balaban J connectivity index is 2.01. The molecule has 5 nitrogen and oxygen atoms in total. The van der Waals surface area contributed by atoms with E-state index >= 15 is 0 Å². The van der Waals surface area contributed by atoms with Gasteiger partial charge in [0.15, 0.2) is 5.78 Å². The number of carbonyl (C=O) groups excluding carboxylic acids is 1. The molecule has 1 N–H and O–H groups in total. The zero-order chi connectivity index (χ0) is 21.0. The number of ketones is 1. The average Bonchev–Trinajstić information content (AvgIpc) is 2.72. The fourth-order valence-electron chi connectivity index (χ4n) is 3.05. The maximum Gasteiger partial charge on any atom is 0.335 e. The molecule has 0 saturated carbocycles. The van der Waals surface area contributed by atoms with Crippen LogP contribution in [0.4, 0.5) is 4.39 Å². The second-order valence-electron chi connectivity index (χ2n) is 6.37. The third-order valence-electron chi connectivity index (χ3n) is 4.53. The lowest BCUT2D eigenvalue weighted by Gasteiger charge is -2.19. The number of rotatable bonds is 7. The van der Waals surface area contributed by atoms with E-state index in [1.807, 2.05) is 0 Å². The molecule has 1 atom stereocenters. The van der Waals surface area contributed by atoms with Gasteiger partial charge in [-0.15, -0.1) is 0 Å².